The quantitative estimate of drug-likeness (QED) is 0.307. The highest BCUT2D eigenvalue weighted by Gasteiger charge is 2.09. The molecule has 2 aromatic carbocycles. The van der Waals surface area contributed by atoms with Gasteiger partial charge in [0.15, 0.2) is 15.8 Å². The van der Waals surface area contributed by atoms with Crippen LogP contribution < -0.4 is 10.1 Å². The number of hydrogen-bond acceptors (Lipinski definition) is 4. The topological polar surface area (TPSA) is 71.0 Å². The predicted octanol–water partition coefficient (Wildman–Crippen LogP) is 3.66. The number of alkyl halides is 2. The molecular formula is C20H26F2IN3O3S. The first-order chi connectivity index (χ1) is 13.7. The summed E-state index contributed by atoms with van der Waals surface area (Å²) in [6.45, 7) is -1.79. The fourth-order valence-electron chi connectivity index (χ4n) is 2.75. The Morgan fingerprint density at radius 1 is 1.07 bits per heavy atom. The summed E-state index contributed by atoms with van der Waals surface area (Å²) in [6.07, 6.45) is 1.21. The number of sulfone groups is 1. The highest BCUT2D eigenvalue weighted by molar-refractivity contribution is 14.0. The van der Waals surface area contributed by atoms with Crippen LogP contribution in [0.2, 0.25) is 0 Å². The second kappa shape index (κ2) is 12.0. The second-order valence-electron chi connectivity index (χ2n) is 6.67. The maximum atomic E-state index is 12.2. The Morgan fingerprint density at radius 2 is 1.60 bits per heavy atom. The highest BCUT2D eigenvalue weighted by atomic mass is 127. The number of aliphatic imine (C=N–C) groups is 1. The normalized spacial score (nSPS) is 11.7. The van der Waals surface area contributed by atoms with Gasteiger partial charge in [0, 0.05) is 33.4 Å². The average molecular weight is 553 g/mol. The van der Waals surface area contributed by atoms with Crippen molar-refractivity contribution < 1.29 is 21.9 Å². The first-order valence-corrected chi connectivity index (χ1v) is 10.9. The van der Waals surface area contributed by atoms with E-state index in [2.05, 4.69) is 15.0 Å². The fraction of sp³-hybridized carbons (Fsp3) is 0.350. The smallest absolute Gasteiger partial charge is 0.387 e. The van der Waals surface area contributed by atoms with Crippen LogP contribution in [0.15, 0.2) is 53.5 Å². The van der Waals surface area contributed by atoms with E-state index in [1.54, 1.807) is 31.3 Å². The Balaban J connectivity index is 0.00000450. The molecule has 0 aromatic heterocycles. The molecule has 0 radical (unpaired) electrons. The molecule has 1 N–H and O–H groups in total. The molecule has 0 bridgehead atoms. The summed E-state index contributed by atoms with van der Waals surface area (Å²) >= 11 is 0. The Kier molecular flexibility index (Phi) is 10.5. The van der Waals surface area contributed by atoms with Gasteiger partial charge in [-0.15, -0.1) is 24.0 Å². The standard InChI is InChI=1S/C20H25F2N3O3S.HI/c1-23-20(24-12-15-4-6-17(7-5-15)14-29(3,26)27)25(2)13-16-8-10-18(11-9-16)28-19(21)22;/h4-11,19H,12-14H2,1-3H3,(H,23,24);1H. The monoisotopic (exact) mass is 553 g/mol. The number of benzene rings is 2. The summed E-state index contributed by atoms with van der Waals surface area (Å²) in [4.78, 5) is 6.15. The van der Waals surface area contributed by atoms with Crippen LogP contribution in [0, 0.1) is 0 Å². The lowest BCUT2D eigenvalue weighted by atomic mass is 10.1. The number of hydrogen-bond donors (Lipinski definition) is 1. The first kappa shape index (κ1) is 26.1. The van der Waals surface area contributed by atoms with Crippen LogP contribution in [0.1, 0.15) is 16.7 Å². The summed E-state index contributed by atoms with van der Waals surface area (Å²) in [5.41, 5.74) is 2.66. The van der Waals surface area contributed by atoms with Crippen molar-refractivity contribution in [2.45, 2.75) is 25.5 Å². The third-order valence-corrected chi connectivity index (χ3v) is 4.90. The van der Waals surface area contributed by atoms with Crippen LogP contribution in [0.3, 0.4) is 0 Å². The van der Waals surface area contributed by atoms with Gasteiger partial charge in [-0.3, -0.25) is 4.99 Å². The summed E-state index contributed by atoms with van der Waals surface area (Å²) in [5, 5.41) is 3.24. The lowest BCUT2D eigenvalue weighted by Gasteiger charge is -2.22. The van der Waals surface area contributed by atoms with E-state index in [1.807, 2.05) is 24.1 Å². The fourth-order valence-corrected chi connectivity index (χ4v) is 3.54. The van der Waals surface area contributed by atoms with E-state index >= 15 is 0 Å². The molecule has 0 fully saturated rings. The van der Waals surface area contributed by atoms with Gasteiger partial charge in [0.25, 0.3) is 0 Å². The maximum absolute atomic E-state index is 12.2. The third kappa shape index (κ3) is 9.24. The molecule has 166 valence electrons. The minimum absolute atomic E-state index is 0. The van der Waals surface area contributed by atoms with Gasteiger partial charge in [-0.25, -0.2) is 8.42 Å². The Bertz CT molecular complexity index is 921. The Morgan fingerprint density at radius 3 is 2.10 bits per heavy atom. The van der Waals surface area contributed by atoms with E-state index in [4.69, 9.17) is 0 Å². The van der Waals surface area contributed by atoms with Crippen molar-refractivity contribution in [1.82, 2.24) is 10.2 Å². The van der Waals surface area contributed by atoms with E-state index in [0.29, 0.717) is 19.0 Å². The van der Waals surface area contributed by atoms with Gasteiger partial charge in [-0.1, -0.05) is 36.4 Å². The summed E-state index contributed by atoms with van der Waals surface area (Å²) in [6, 6.07) is 13.8. The second-order valence-corrected chi connectivity index (χ2v) is 8.81. The lowest BCUT2D eigenvalue weighted by Crippen LogP contribution is -2.38. The third-order valence-electron chi connectivity index (χ3n) is 4.04. The van der Waals surface area contributed by atoms with E-state index in [-0.39, 0.29) is 35.5 Å². The van der Waals surface area contributed by atoms with E-state index in [1.165, 1.54) is 18.4 Å². The van der Waals surface area contributed by atoms with E-state index < -0.39 is 16.4 Å². The zero-order valence-corrected chi connectivity index (χ0v) is 20.2. The molecule has 0 aliphatic rings. The number of ether oxygens (including phenoxy) is 1. The number of nitrogens with one attached hydrogen (secondary N) is 1. The molecular weight excluding hydrogens is 527 g/mol. The zero-order chi connectivity index (χ0) is 21.4. The van der Waals surface area contributed by atoms with Crippen molar-refractivity contribution in [3.63, 3.8) is 0 Å². The van der Waals surface area contributed by atoms with Gasteiger partial charge in [0.1, 0.15) is 5.75 Å². The van der Waals surface area contributed by atoms with Gasteiger partial charge in [0.2, 0.25) is 0 Å². The average Bonchev–Trinajstić information content (AvgIpc) is 2.63. The van der Waals surface area contributed by atoms with Gasteiger partial charge >= 0.3 is 6.61 Å². The number of halogens is 3. The minimum atomic E-state index is -3.06. The highest BCUT2D eigenvalue weighted by Crippen LogP contribution is 2.16. The van der Waals surface area contributed by atoms with Gasteiger partial charge < -0.3 is 15.0 Å². The maximum Gasteiger partial charge on any atom is 0.387 e. The summed E-state index contributed by atoms with van der Waals surface area (Å²) in [5.74, 6) is 0.804. The van der Waals surface area contributed by atoms with Crippen molar-refractivity contribution in [2.24, 2.45) is 4.99 Å². The molecule has 0 atom stereocenters. The lowest BCUT2D eigenvalue weighted by molar-refractivity contribution is -0.0498. The van der Waals surface area contributed by atoms with Crippen LogP contribution in [0.5, 0.6) is 5.75 Å². The van der Waals surface area contributed by atoms with Crippen LogP contribution in [0.4, 0.5) is 8.78 Å². The van der Waals surface area contributed by atoms with Gasteiger partial charge in [0.05, 0.1) is 5.75 Å². The molecule has 0 heterocycles. The number of guanidine groups is 1. The van der Waals surface area contributed by atoms with Crippen LogP contribution >= 0.6 is 24.0 Å². The van der Waals surface area contributed by atoms with E-state index in [9.17, 15) is 17.2 Å². The molecule has 10 heteroatoms. The molecule has 6 nitrogen and oxygen atoms in total. The van der Waals surface area contributed by atoms with Gasteiger partial charge in [-0.2, -0.15) is 8.78 Å². The van der Waals surface area contributed by atoms with Crippen LogP contribution in [0.25, 0.3) is 0 Å². The predicted molar refractivity (Wildman–Crippen MR) is 125 cm³/mol. The molecule has 0 saturated carbocycles. The van der Waals surface area contributed by atoms with Gasteiger partial charge in [-0.05, 0) is 28.8 Å². The van der Waals surface area contributed by atoms with E-state index in [0.717, 1.165) is 16.7 Å². The molecule has 0 amide bonds. The SMILES string of the molecule is CN=C(NCc1ccc(CS(C)(=O)=O)cc1)N(C)Cc1ccc(OC(F)F)cc1.I. The molecule has 2 rings (SSSR count). The molecule has 0 saturated heterocycles. The number of rotatable bonds is 8. The summed E-state index contributed by atoms with van der Waals surface area (Å²) in [7, 11) is 0.487. The van der Waals surface area contributed by atoms with Crippen LogP contribution in [-0.2, 0) is 28.7 Å². The largest absolute Gasteiger partial charge is 0.435 e. The molecule has 30 heavy (non-hydrogen) atoms. The van der Waals surface area contributed by atoms with Crippen molar-refractivity contribution in [3.8, 4) is 5.75 Å². The Hall–Kier alpha value is -1.95. The molecule has 0 unspecified atom stereocenters. The number of nitrogens with zero attached hydrogens (tertiary/aromatic N) is 2. The molecule has 0 aliphatic heterocycles. The van der Waals surface area contributed by atoms with Crippen molar-refractivity contribution in [2.75, 3.05) is 20.4 Å². The first-order valence-electron chi connectivity index (χ1n) is 8.87. The van der Waals surface area contributed by atoms with Crippen molar-refractivity contribution in [3.05, 3.63) is 65.2 Å². The molecule has 2 aromatic rings. The minimum Gasteiger partial charge on any atom is -0.435 e. The molecule has 0 spiro atoms. The molecule has 0 aliphatic carbocycles. The van der Waals surface area contributed by atoms with Crippen molar-refractivity contribution in [1.29, 1.82) is 0 Å². The summed E-state index contributed by atoms with van der Waals surface area (Å²) < 4.78 is 51.5. The van der Waals surface area contributed by atoms with Crippen LogP contribution in [-0.4, -0.2) is 46.2 Å². The zero-order valence-electron chi connectivity index (χ0n) is 17.0. The van der Waals surface area contributed by atoms with Crippen molar-refractivity contribution >= 4 is 39.8 Å². The Labute approximate surface area is 193 Å².